The number of hydrogen-bond acceptors (Lipinski definition) is 3. The van der Waals surface area contributed by atoms with Crippen molar-refractivity contribution in [3.63, 3.8) is 0 Å². The number of nitrogens with one attached hydrogen (secondary N) is 2. The van der Waals surface area contributed by atoms with E-state index in [9.17, 15) is 4.79 Å². The number of carbonyl (C=O) groups is 1. The van der Waals surface area contributed by atoms with Gasteiger partial charge in [0.25, 0.3) is 5.91 Å². The quantitative estimate of drug-likeness (QED) is 0.677. The molecule has 1 rings (SSSR count). The highest BCUT2D eigenvalue weighted by Crippen LogP contribution is 2.25. The van der Waals surface area contributed by atoms with E-state index >= 15 is 0 Å². The molecule has 1 amide bonds. The first kappa shape index (κ1) is 11.4. The molecule has 14 heavy (non-hydrogen) atoms. The Bertz CT molecular complexity index is 278. The monoisotopic (exact) mass is 216 g/mol. The smallest absolute Gasteiger partial charge is 0.251 e. The highest BCUT2D eigenvalue weighted by atomic mass is 32.1. The van der Waals surface area contributed by atoms with Crippen LogP contribution in [0.25, 0.3) is 0 Å². The largest absolute Gasteiger partial charge is 0.379 e. The average molecular weight is 216 g/mol. The van der Waals surface area contributed by atoms with E-state index in [-0.39, 0.29) is 11.5 Å². The van der Waals surface area contributed by atoms with Crippen LogP contribution in [-0.4, -0.2) is 29.3 Å². The molecule has 1 aliphatic rings. The summed E-state index contributed by atoms with van der Waals surface area (Å²) in [5.41, 5.74) is -1.00. The van der Waals surface area contributed by atoms with Crippen LogP contribution in [0.5, 0.6) is 0 Å². The van der Waals surface area contributed by atoms with Crippen LogP contribution in [0, 0.1) is 0 Å². The van der Waals surface area contributed by atoms with Gasteiger partial charge in [-0.15, -0.1) is 0 Å². The Kier molecular flexibility index (Phi) is 2.83. The summed E-state index contributed by atoms with van der Waals surface area (Å²) in [7, 11) is 1.63. The summed E-state index contributed by atoms with van der Waals surface area (Å²) in [6, 6.07) is 0. The van der Waals surface area contributed by atoms with Crippen LogP contribution in [-0.2, 0) is 9.53 Å². The van der Waals surface area contributed by atoms with Crippen LogP contribution in [0.2, 0.25) is 0 Å². The van der Waals surface area contributed by atoms with Gasteiger partial charge < -0.3 is 15.4 Å². The van der Waals surface area contributed by atoms with E-state index in [1.54, 1.807) is 7.11 Å². The van der Waals surface area contributed by atoms with Crippen molar-refractivity contribution in [1.29, 1.82) is 0 Å². The fourth-order valence-corrected chi connectivity index (χ4v) is 1.95. The minimum Gasteiger partial charge on any atom is -0.379 e. The molecule has 1 atom stereocenters. The molecule has 80 valence electrons. The normalized spacial score (nSPS) is 27.4. The van der Waals surface area contributed by atoms with Gasteiger partial charge in [0, 0.05) is 13.5 Å². The number of amides is 1. The lowest BCUT2D eigenvalue weighted by atomic mass is 9.88. The van der Waals surface area contributed by atoms with E-state index in [1.807, 2.05) is 20.8 Å². The summed E-state index contributed by atoms with van der Waals surface area (Å²) in [6.07, 6.45) is 0.572. The average Bonchev–Trinajstić information content (AvgIpc) is 2.24. The number of methoxy groups -OCH3 is 1. The first-order valence-electron chi connectivity index (χ1n) is 4.48. The zero-order chi connectivity index (χ0) is 11.0. The molecule has 0 radical (unpaired) electrons. The van der Waals surface area contributed by atoms with E-state index in [1.165, 1.54) is 0 Å². The number of rotatable bonds is 3. The molecule has 1 fully saturated rings. The van der Waals surface area contributed by atoms with Crippen molar-refractivity contribution in [3.8, 4) is 0 Å². The van der Waals surface area contributed by atoms with Gasteiger partial charge in [-0.1, -0.05) is 0 Å². The summed E-state index contributed by atoms with van der Waals surface area (Å²) < 4.78 is 5.29. The molecule has 1 saturated heterocycles. The lowest BCUT2D eigenvalue weighted by Crippen LogP contribution is -2.49. The Labute approximate surface area is 89.4 Å². The van der Waals surface area contributed by atoms with Crippen molar-refractivity contribution < 1.29 is 9.53 Å². The molecule has 0 spiro atoms. The van der Waals surface area contributed by atoms with Gasteiger partial charge in [-0.2, -0.15) is 0 Å². The van der Waals surface area contributed by atoms with Gasteiger partial charge >= 0.3 is 0 Å². The van der Waals surface area contributed by atoms with Crippen LogP contribution in [0.4, 0.5) is 0 Å². The van der Waals surface area contributed by atoms with Crippen LogP contribution in [0.1, 0.15) is 27.2 Å². The Morgan fingerprint density at radius 3 is 2.50 bits per heavy atom. The van der Waals surface area contributed by atoms with Crippen LogP contribution >= 0.6 is 12.2 Å². The van der Waals surface area contributed by atoms with E-state index in [0.29, 0.717) is 11.5 Å². The number of ether oxygens (including phenoxy) is 1. The molecule has 5 heteroatoms. The van der Waals surface area contributed by atoms with E-state index < -0.39 is 5.54 Å². The number of carbonyl (C=O) groups excluding carboxylic acids is 1. The molecular formula is C9H16N2O2S. The predicted octanol–water partition coefficient (Wildman–Crippen LogP) is 0.565. The standard InChI is InChI=1S/C9H16N2O2S/c1-8(2,13-4)5-9(3)6(12)10-7(14)11-9/h5H2,1-4H3,(H2,10,11,12,14). The summed E-state index contributed by atoms with van der Waals surface area (Å²) in [6.45, 7) is 5.70. The molecular weight excluding hydrogens is 200 g/mol. The van der Waals surface area contributed by atoms with E-state index in [4.69, 9.17) is 17.0 Å². The maximum atomic E-state index is 11.6. The third-order valence-corrected chi connectivity index (χ3v) is 2.65. The van der Waals surface area contributed by atoms with Gasteiger partial charge in [0.1, 0.15) is 5.54 Å². The Hall–Kier alpha value is -0.680. The SMILES string of the molecule is COC(C)(C)CC1(C)NC(=S)NC1=O. The summed E-state index contributed by atoms with van der Waals surface area (Å²) in [5, 5.41) is 5.93. The fourth-order valence-electron chi connectivity index (χ4n) is 1.63. The van der Waals surface area contributed by atoms with Crippen molar-refractivity contribution in [3.05, 3.63) is 0 Å². The summed E-state index contributed by atoms with van der Waals surface area (Å²) >= 11 is 4.89. The molecule has 0 aromatic rings. The minimum absolute atomic E-state index is 0.0902. The number of thiocarbonyl (C=S) groups is 1. The molecule has 0 aromatic heterocycles. The lowest BCUT2D eigenvalue weighted by molar-refractivity contribution is -0.126. The van der Waals surface area contributed by atoms with Gasteiger partial charge in [-0.25, -0.2) is 0 Å². The molecule has 0 saturated carbocycles. The zero-order valence-corrected chi connectivity index (χ0v) is 9.75. The third-order valence-electron chi connectivity index (χ3n) is 2.45. The maximum absolute atomic E-state index is 11.6. The molecule has 1 aliphatic heterocycles. The third kappa shape index (κ3) is 2.22. The second-order valence-electron chi connectivity index (χ2n) is 4.38. The second-order valence-corrected chi connectivity index (χ2v) is 4.79. The molecule has 1 heterocycles. The predicted molar refractivity (Wildman–Crippen MR) is 58.0 cm³/mol. The minimum atomic E-state index is -0.656. The highest BCUT2D eigenvalue weighted by Gasteiger charge is 2.43. The molecule has 2 N–H and O–H groups in total. The number of hydrogen-bond donors (Lipinski definition) is 2. The van der Waals surface area contributed by atoms with Gasteiger partial charge in [0.2, 0.25) is 0 Å². The van der Waals surface area contributed by atoms with Crippen molar-refractivity contribution in [2.45, 2.75) is 38.3 Å². The van der Waals surface area contributed by atoms with Crippen LogP contribution in [0.3, 0.4) is 0 Å². The Balaban J connectivity index is 2.77. The summed E-state index contributed by atoms with van der Waals surface area (Å²) in [5.74, 6) is -0.0902. The fraction of sp³-hybridized carbons (Fsp3) is 0.778. The van der Waals surface area contributed by atoms with Crippen molar-refractivity contribution in [2.24, 2.45) is 0 Å². The van der Waals surface area contributed by atoms with Crippen LogP contribution < -0.4 is 10.6 Å². The topological polar surface area (TPSA) is 50.4 Å². The first-order chi connectivity index (χ1) is 6.29. The van der Waals surface area contributed by atoms with E-state index in [2.05, 4.69) is 10.6 Å². The van der Waals surface area contributed by atoms with E-state index in [0.717, 1.165) is 0 Å². The maximum Gasteiger partial charge on any atom is 0.251 e. The van der Waals surface area contributed by atoms with Gasteiger partial charge in [0.05, 0.1) is 5.60 Å². The van der Waals surface area contributed by atoms with Crippen molar-refractivity contribution >= 4 is 23.2 Å². The summed E-state index contributed by atoms with van der Waals surface area (Å²) in [4.78, 5) is 11.6. The first-order valence-corrected chi connectivity index (χ1v) is 4.89. The zero-order valence-electron chi connectivity index (χ0n) is 8.93. The molecule has 0 aromatic carbocycles. The molecule has 0 bridgehead atoms. The Morgan fingerprint density at radius 2 is 2.14 bits per heavy atom. The molecule has 1 unspecified atom stereocenters. The van der Waals surface area contributed by atoms with Crippen molar-refractivity contribution in [2.75, 3.05) is 7.11 Å². The van der Waals surface area contributed by atoms with Crippen molar-refractivity contribution in [1.82, 2.24) is 10.6 Å². The molecule has 0 aliphatic carbocycles. The van der Waals surface area contributed by atoms with Gasteiger partial charge in [-0.3, -0.25) is 4.79 Å². The second kappa shape index (κ2) is 3.47. The molecule has 4 nitrogen and oxygen atoms in total. The van der Waals surface area contributed by atoms with Gasteiger partial charge in [0.15, 0.2) is 5.11 Å². The van der Waals surface area contributed by atoms with Crippen LogP contribution in [0.15, 0.2) is 0 Å². The Morgan fingerprint density at radius 1 is 1.57 bits per heavy atom. The van der Waals surface area contributed by atoms with Gasteiger partial charge in [-0.05, 0) is 33.0 Å². The lowest BCUT2D eigenvalue weighted by Gasteiger charge is -2.31. The highest BCUT2D eigenvalue weighted by molar-refractivity contribution is 7.80.